The van der Waals surface area contributed by atoms with Gasteiger partial charge in [0.05, 0.1) is 0 Å². The highest BCUT2D eigenvalue weighted by Crippen LogP contribution is 2.32. The first kappa shape index (κ1) is 14.8. The maximum Gasteiger partial charge on any atom is 0.00893 e. The first-order chi connectivity index (χ1) is 9.56. The van der Waals surface area contributed by atoms with Crippen molar-refractivity contribution in [2.45, 2.75) is 46.0 Å². The molecule has 0 bridgehead atoms. The van der Waals surface area contributed by atoms with Crippen molar-refractivity contribution in [2.75, 3.05) is 0 Å². The molecule has 0 fully saturated rings. The third kappa shape index (κ3) is 4.52. The van der Waals surface area contributed by atoms with E-state index in [2.05, 4.69) is 81.4 Å². The second-order valence-electron chi connectivity index (χ2n) is 6.83. The topological polar surface area (TPSA) is 0 Å². The molecule has 0 aromatic heterocycles. The summed E-state index contributed by atoms with van der Waals surface area (Å²) >= 11 is 0. The summed E-state index contributed by atoms with van der Waals surface area (Å²) in [7, 11) is 0. The van der Waals surface area contributed by atoms with Gasteiger partial charge in [0.2, 0.25) is 0 Å². The first-order valence-electron chi connectivity index (χ1n) is 7.66. The van der Waals surface area contributed by atoms with Crippen LogP contribution < -0.4 is 0 Å². The van der Waals surface area contributed by atoms with Gasteiger partial charge in [-0.25, -0.2) is 0 Å². The Balaban J connectivity index is 2.13. The molecule has 0 atom stereocenters. The van der Waals surface area contributed by atoms with Crippen LogP contribution in [0.25, 0.3) is 0 Å². The quantitative estimate of drug-likeness (QED) is 0.619. The molecule has 0 spiro atoms. The molecule has 0 amide bonds. The fraction of sp³-hybridized carbons (Fsp3) is 0.400. The average Bonchev–Trinajstić information content (AvgIpc) is 2.44. The van der Waals surface area contributed by atoms with E-state index in [9.17, 15) is 0 Å². The van der Waals surface area contributed by atoms with Gasteiger partial charge in [-0.2, -0.15) is 0 Å². The van der Waals surface area contributed by atoms with Crippen LogP contribution in [0.5, 0.6) is 0 Å². The third-order valence-electron chi connectivity index (χ3n) is 3.82. The van der Waals surface area contributed by atoms with Gasteiger partial charge in [-0.15, -0.1) is 0 Å². The molecule has 0 nitrogen and oxygen atoms in total. The predicted octanol–water partition coefficient (Wildman–Crippen LogP) is 6.03. The molecular formula is C20H26. The van der Waals surface area contributed by atoms with Gasteiger partial charge in [0.15, 0.2) is 0 Å². The molecule has 20 heavy (non-hydrogen) atoms. The van der Waals surface area contributed by atoms with Crippen LogP contribution in [-0.2, 0) is 0 Å². The molecule has 0 saturated heterocycles. The van der Waals surface area contributed by atoms with Gasteiger partial charge in [0.1, 0.15) is 0 Å². The van der Waals surface area contributed by atoms with Crippen molar-refractivity contribution in [1.29, 1.82) is 0 Å². The Morgan fingerprint density at radius 3 is 1.60 bits per heavy atom. The van der Waals surface area contributed by atoms with E-state index in [-0.39, 0.29) is 0 Å². The molecule has 0 heterocycles. The van der Waals surface area contributed by atoms with Gasteiger partial charge in [-0.1, -0.05) is 87.9 Å². The Morgan fingerprint density at radius 2 is 1.20 bits per heavy atom. The van der Waals surface area contributed by atoms with Crippen molar-refractivity contribution in [2.24, 2.45) is 5.41 Å². The maximum absolute atomic E-state index is 2.33. The van der Waals surface area contributed by atoms with Crippen molar-refractivity contribution in [3.05, 3.63) is 71.8 Å². The van der Waals surface area contributed by atoms with E-state index in [1.54, 1.807) is 0 Å². The zero-order valence-electron chi connectivity index (χ0n) is 13.0. The van der Waals surface area contributed by atoms with Gasteiger partial charge in [0.25, 0.3) is 0 Å². The highest BCUT2D eigenvalue weighted by atomic mass is 14.2. The van der Waals surface area contributed by atoms with Crippen LogP contribution in [0, 0.1) is 5.41 Å². The van der Waals surface area contributed by atoms with E-state index in [1.165, 1.54) is 30.4 Å². The van der Waals surface area contributed by atoms with Crippen LogP contribution in [0.3, 0.4) is 0 Å². The summed E-state index contributed by atoms with van der Waals surface area (Å²) in [4.78, 5) is 0. The Bertz CT molecular complexity index is 451. The van der Waals surface area contributed by atoms with Crippen LogP contribution >= 0.6 is 0 Å². The highest BCUT2D eigenvalue weighted by Gasteiger charge is 2.16. The molecule has 2 rings (SSSR count). The van der Waals surface area contributed by atoms with E-state index in [1.807, 2.05) is 0 Å². The fourth-order valence-electron chi connectivity index (χ4n) is 2.73. The van der Waals surface area contributed by atoms with Gasteiger partial charge < -0.3 is 0 Å². The number of hydrogen-bond donors (Lipinski definition) is 0. The van der Waals surface area contributed by atoms with Crippen LogP contribution in [0.4, 0.5) is 0 Å². The molecule has 0 aliphatic heterocycles. The molecule has 0 N–H and O–H groups in total. The van der Waals surface area contributed by atoms with E-state index in [0.717, 1.165) is 0 Å². The summed E-state index contributed by atoms with van der Waals surface area (Å²) in [6, 6.07) is 21.8. The third-order valence-corrected chi connectivity index (χ3v) is 3.82. The highest BCUT2D eigenvalue weighted by molar-refractivity contribution is 5.32. The largest absolute Gasteiger partial charge is 0.0622 e. The minimum atomic E-state index is 0.428. The van der Waals surface area contributed by atoms with Gasteiger partial charge >= 0.3 is 0 Å². The molecule has 2 aromatic rings. The van der Waals surface area contributed by atoms with Gasteiger partial charge in [0, 0.05) is 5.92 Å². The monoisotopic (exact) mass is 266 g/mol. The Hall–Kier alpha value is -1.56. The average molecular weight is 266 g/mol. The summed E-state index contributed by atoms with van der Waals surface area (Å²) in [5.74, 6) is 0.528. The minimum Gasteiger partial charge on any atom is -0.0622 e. The molecule has 0 radical (unpaired) electrons. The normalized spacial score (nSPS) is 11.8. The lowest BCUT2D eigenvalue weighted by molar-refractivity contribution is 0.356. The Morgan fingerprint density at radius 1 is 0.750 bits per heavy atom. The Kier molecular flexibility index (Phi) is 5.00. The smallest absolute Gasteiger partial charge is 0.00893 e. The molecule has 0 unspecified atom stereocenters. The van der Waals surface area contributed by atoms with Crippen LogP contribution in [0.15, 0.2) is 60.7 Å². The lowest BCUT2D eigenvalue weighted by Crippen LogP contribution is -2.07. The minimum absolute atomic E-state index is 0.428. The van der Waals surface area contributed by atoms with Crippen molar-refractivity contribution < 1.29 is 0 Å². The van der Waals surface area contributed by atoms with Crippen molar-refractivity contribution in [1.82, 2.24) is 0 Å². The predicted molar refractivity (Wildman–Crippen MR) is 88.0 cm³/mol. The number of rotatable bonds is 5. The molecule has 106 valence electrons. The lowest BCUT2D eigenvalue weighted by Gasteiger charge is -2.22. The van der Waals surface area contributed by atoms with Crippen LogP contribution in [-0.4, -0.2) is 0 Å². The van der Waals surface area contributed by atoms with Crippen LogP contribution in [0.1, 0.15) is 57.1 Å². The number of benzene rings is 2. The second-order valence-corrected chi connectivity index (χ2v) is 6.83. The summed E-state index contributed by atoms with van der Waals surface area (Å²) in [6.45, 7) is 6.98. The van der Waals surface area contributed by atoms with E-state index >= 15 is 0 Å². The molecule has 0 aliphatic rings. The summed E-state index contributed by atoms with van der Waals surface area (Å²) in [5, 5.41) is 0. The van der Waals surface area contributed by atoms with Crippen LogP contribution in [0.2, 0.25) is 0 Å². The molecule has 0 heteroatoms. The van der Waals surface area contributed by atoms with Crippen molar-refractivity contribution in [3.63, 3.8) is 0 Å². The molecular weight excluding hydrogens is 240 g/mol. The lowest BCUT2D eigenvalue weighted by atomic mass is 9.83. The van der Waals surface area contributed by atoms with E-state index in [4.69, 9.17) is 0 Å². The zero-order valence-corrected chi connectivity index (χ0v) is 13.0. The first-order valence-corrected chi connectivity index (χ1v) is 7.66. The molecule has 0 saturated carbocycles. The maximum atomic E-state index is 2.33. The standard InChI is InChI=1S/C20H26/c1-20(2,3)16-10-15-19(17-11-6-4-7-12-17)18-13-8-5-9-14-18/h4-9,11-14,19H,10,15-16H2,1-3H3. The summed E-state index contributed by atoms with van der Waals surface area (Å²) < 4.78 is 0. The molecule has 2 aromatic carbocycles. The Labute approximate surface area is 123 Å². The fourth-order valence-corrected chi connectivity index (χ4v) is 2.73. The molecule has 0 aliphatic carbocycles. The van der Waals surface area contributed by atoms with E-state index < -0.39 is 0 Å². The number of hydrogen-bond acceptors (Lipinski definition) is 0. The van der Waals surface area contributed by atoms with Crippen molar-refractivity contribution >= 4 is 0 Å². The van der Waals surface area contributed by atoms with Gasteiger partial charge in [-0.3, -0.25) is 0 Å². The zero-order chi connectivity index (χ0) is 14.4. The SMILES string of the molecule is CC(C)(C)CCCC(c1ccccc1)c1ccccc1. The second kappa shape index (κ2) is 6.74. The van der Waals surface area contributed by atoms with Crippen molar-refractivity contribution in [3.8, 4) is 0 Å². The summed E-state index contributed by atoms with van der Waals surface area (Å²) in [5.41, 5.74) is 3.30. The van der Waals surface area contributed by atoms with E-state index in [0.29, 0.717) is 11.3 Å². The summed E-state index contributed by atoms with van der Waals surface area (Å²) in [6.07, 6.45) is 3.78. The van der Waals surface area contributed by atoms with Gasteiger partial charge in [-0.05, 0) is 29.4 Å².